The summed E-state index contributed by atoms with van der Waals surface area (Å²) < 4.78 is 53.7. The van der Waals surface area contributed by atoms with E-state index in [-0.39, 0.29) is 18.4 Å². The Morgan fingerprint density at radius 3 is 2.33 bits per heavy atom. The van der Waals surface area contributed by atoms with Crippen LogP contribution in [0.1, 0.15) is 5.82 Å². The van der Waals surface area contributed by atoms with Crippen molar-refractivity contribution in [1.29, 1.82) is 0 Å². The van der Waals surface area contributed by atoms with Gasteiger partial charge in [-0.05, 0) is 17.5 Å². The highest BCUT2D eigenvalue weighted by Gasteiger charge is 2.23. The molecule has 2 aromatic rings. The summed E-state index contributed by atoms with van der Waals surface area (Å²) in [5.41, 5.74) is -0.984. The number of benzene rings is 1. The monoisotopic (exact) mass is 261 g/mol. The molecule has 0 aliphatic heterocycles. The Kier molecular flexibility index (Phi) is 3.24. The number of rotatable bonds is 3. The highest BCUT2D eigenvalue weighted by Crippen LogP contribution is 2.22. The molecule has 1 N–H and O–H groups in total. The van der Waals surface area contributed by atoms with Crippen LogP contribution >= 0.6 is 0 Å². The van der Waals surface area contributed by atoms with Crippen LogP contribution < -0.4 is 5.32 Å². The van der Waals surface area contributed by atoms with Crippen LogP contribution in [-0.4, -0.2) is 27.3 Å². The number of nitrogens with zero attached hydrogens (tertiary/aromatic N) is 4. The van der Waals surface area contributed by atoms with Gasteiger partial charge in [0.15, 0.2) is 29.1 Å². The molecule has 5 nitrogen and oxygen atoms in total. The van der Waals surface area contributed by atoms with Crippen LogP contribution in [0.15, 0.2) is 6.07 Å². The van der Waals surface area contributed by atoms with Gasteiger partial charge in [-0.3, -0.25) is 0 Å². The van der Waals surface area contributed by atoms with Crippen LogP contribution in [0.2, 0.25) is 0 Å². The quantitative estimate of drug-likeness (QED) is 0.660. The van der Waals surface area contributed by atoms with Crippen molar-refractivity contribution in [1.82, 2.24) is 25.5 Å². The maximum Gasteiger partial charge on any atom is 0.187 e. The molecule has 0 unspecified atom stereocenters. The summed E-state index contributed by atoms with van der Waals surface area (Å²) in [7, 11) is 1.55. The van der Waals surface area contributed by atoms with E-state index < -0.39 is 29.0 Å². The zero-order valence-electron chi connectivity index (χ0n) is 9.09. The molecule has 1 aromatic carbocycles. The van der Waals surface area contributed by atoms with Crippen LogP contribution in [0, 0.1) is 23.3 Å². The maximum atomic E-state index is 13.5. The van der Waals surface area contributed by atoms with Crippen LogP contribution in [0.5, 0.6) is 0 Å². The first-order valence-electron chi connectivity index (χ1n) is 4.81. The Morgan fingerprint density at radius 1 is 1.17 bits per heavy atom. The molecule has 0 radical (unpaired) electrons. The topological polar surface area (TPSA) is 55.6 Å². The Labute approximate surface area is 98.4 Å². The van der Waals surface area contributed by atoms with Crippen molar-refractivity contribution in [2.24, 2.45) is 0 Å². The summed E-state index contributed by atoms with van der Waals surface area (Å²) in [6.07, 6.45) is 0. The zero-order valence-corrected chi connectivity index (χ0v) is 9.09. The summed E-state index contributed by atoms with van der Waals surface area (Å²) in [6, 6.07) is 0.121. The van der Waals surface area contributed by atoms with E-state index in [1.807, 2.05) is 0 Å². The molecule has 0 fully saturated rings. The van der Waals surface area contributed by atoms with Crippen molar-refractivity contribution >= 4 is 0 Å². The van der Waals surface area contributed by atoms with Crippen molar-refractivity contribution < 1.29 is 17.6 Å². The first-order chi connectivity index (χ1) is 8.56. The van der Waals surface area contributed by atoms with Crippen LogP contribution in [0.3, 0.4) is 0 Å². The molecule has 0 bridgehead atoms. The predicted octanol–water partition coefficient (Wildman–Crippen LogP) is 0.938. The average Bonchev–Trinajstić information content (AvgIpc) is 2.76. The van der Waals surface area contributed by atoms with Crippen molar-refractivity contribution in [3.63, 3.8) is 0 Å². The Hall–Kier alpha value is -2.03. The summed E-state index contributed by atoms with van der Waals surface area (Å²) in [4.78, 5) is 0. The van der Waals surface area contributed by atoms with Crippen LogP contribution in [0.4, 0.5) is 17.6 Å². The second-order valence-electron chi connectivity index (χ2n) is 3.35. The van der Waals surface area contributed by atoms with Gasteiger partial charge < -0.3 is 5.32 Å². The van der Waals surface area contributed by atoms with Gasteiger partial charge >= 0.3 is 0 Å². The molecule has 2 rings (SSSR count). The largest absolute Gasteiger partial charge is 0.313 e. The van der Waals surface area contributed by atoms with Gasteiger partial charge in [0.1, 0.15) is 5.69 Å². The van der Waals surface area contributed by atoms with E-state index in [0.717, 1.165) is 0 Å². The minimum Gasteiger partial charge on any atom is -0.313 e. The molecule has 96 valence electrons. The second-order valence-corrected chi connectivity index (χ2v) is 3.35. The first-order valence-corrected chi connectivity index (χ1v) is 4.81. The van der Waals surface area contributed by atoms with Gasteiger partial charge in [-0.15, -0.1) is 5.10 Å². The van der Waals surface area contributed by atoms with E-state index in [1.165, 1.54) is 0 Å². The fourth-order valence-corrected chi connectivity index (χ4v) is 1.39. The normalized spacial score (nSPS) is 10.9. The number of hydrogen-bond acceptors (Lipinski definition) is 4. The molecular formula is C9H7F4N5. The summed E-state index contributed by atoms with van der Waals surface area (Å²) in [6.45, 7) is 0.0734. The minimum absolute atomic E-state index is 0.0142. The lowest BCUT2D eigenvalue weighted by atomic mass is 10.2. The van der Waals surface area contributed by atoms with Crippen molar-refractivity contribution in [3.8, 4) is 5.69 Å². The highest BCUT2D eigenvalue weighted by molar-refractivity contribution is 5.36. The number of halogens is 4. The smallest absolute Gasteiger partial charge is 0.187 e. The predicted molar refractivity (Wildman–Crippen MR) is 51.7 cm³/mol. The van der Waals surface area contributed by atoms with Crippen molar-refractivity contribution in [3.05, 3.63) is 35.2 Å². The van der Waals surface area contributed by atoms with E-state index in [9.17, 15) is 17.6 Å². The SMILES string of the molecule is CNCc1nnnn1-c1c(F)c(F)cc(F)c1F. The molecule has 0 aliphatic carbocycles. The summed E-state index contributed by atoms with van der Waals surface area (Å²) in [5, 5.41) is 12.7. The molecule has 0 aliphatic rings. The van der Waals surface area contributed by atoms with Gasteiger partial charge in [0.05, 0.1) is 6.54 Å². The molecule has 0 amide bonds. The van der Waals surface area contributed by atoms with E-state index in [0.29, 0.717) is 4.68 Å². The number of tetrazole rings is 1. The second kappa shape index (κ2) is 4.69. The van der Waals surface area contributed by atoms with E-state index in [4.69, 9.17) is 0 Å². The summed E-state index contributed by atoms with van der Waals surface area (Å²) in [5.74, 6) is -6.14. The molecule has 9 heteroatoms. The molecule has 18 heavy (non-hydrogen) atoms. The Morgan fingerprint density at radius 2 is 1.78 bits per heavy atom. The van der Waals surface area contributed by atoms with E-state index in [1.54, 1.807) is 7.05 Å². The fraction of sp³-hybridized carbons (Fsp3) is 0.222. The standard InChI is InChI=1S/C9H7F4N5/c1-14-3-6-15-16-17-18(6)9-7(12)4(10)2-5(11)8(9)13/h2,14H,3H2,1H3. The van der Waals surface area contributed by atoms with Crippen LogP contribution in [0.25, 0.3) is 5.69 Å². The third-order valence-electron chi connectivity index (χ3n) is 2.17. The number of hydrogen-bond donors (Lipinski definition) is 1. The lowest BCUT2D eigenvalue weighted by Gasteiger charge is -2.08. The Balaban J connectivity index is 2.66. The van der Waals surface area contributed by atoms with Gasteiger partial charge in [-0.2, -0.15) is 4.68 Å². The molecule has 1 aromatic heterocycles. The third-order valence-corrected chi connectivity index (χ3v) is 2.17. The molecule has 0 spiro atoms. The lowest BCUT2D eigenvalue weighted by Crippen LogP contribution is -2.15. The van der Waals surface area contributed by atoms with Gasteiger partial charge in [-0.1, -0.05) is 0 Å². The van der Waals surface area contributed by atoms with E-state index >= 15 is 0 Å². The maximum absolute atomic E-state index is 13.5. The van der Waals surface area contributed by atoms with Crippen molar-refractivity contribution in [2.75, 3.05) is 7.05 Å². The number of nitrogens with one attached hydrogen (secondary N) is 1. The fourth-order valence-electron chi connectivity index (χ4n) is 1.39. The highest BCUT2D eigenvalue weighted by atomic mass is 19.2. The summed E-state index contributed by atoms with van der Waals surface area (Å²) >= 11 is 0. The molecule has 0 atom stereocenters. The molecular weight excluding hydrogens is 254 g/mol. The Bertz CT molecular complexity index is 556. The number of aromatic nitrogens is 4. The lowest BCUT2D eigenvalue weighted by molar-refractivity contribution is 0.441. The minimum atomic E-state index is -1.56. The molecule has 0 saturated heterocycles. The van der Waals surface area contributed by atoms with Crippen molar-refractivity contribution in [2.45, 2.75) is 6.54 Å². The van der Waals surface area contributed by atoms with Gasteiger partial charge in [0.2, 0.25) is 0 Å². The van der Waals surface area contributed by atoms with Gasteiger partial charge in [0.25, 0.3) is 0 Å². The first kappa shape index (κ1) is 12.4. The van der Waals surface area contributed by atoms with Gasteiger partial charge in [0, 0.05) is 6.07 Å². The van der Waals surface area contributed by atoms with Crippen LogP contribution in [-0.2, 0) is 6.54 Å². The molecule has 1 heterocycles. The average molecular weight is 261 g/mol. The third kappa shape index (κ3) is 1.92. The zero-order chi connectivity index (χ0) is 13.3. The van der Waals surface area contributed by atoms with Gasteiger partial charge in [-0.25, -0.2) is 17.6 Å². The van der Waals surface area contributed by atoms with E-state index in [2.05, 4.69) is 20.8 Å². The molecule has 0 saturated carbocycles.